The van der Waals surface area contributed by atoms with Gasteiger partial charge in [0.05, 0.1) is 18.8 Å². The molecule has 2 rings (SSSR count). The van der Waals surface area contributed by atoms with Gasteiger partial charge in [-0.3, -0.25) is 19.2 Å². The fraction of sp³-hybridized carbons (Fsp3) is 0.619. The molecule has 1 aromatic rings. The molecule has 5 atom stereocenters. The third kappa shape index (κ3) is 7.01. The number of hydrogen-bond acceptors (Lipinski definition) is 7. The van der Waals surface area contributed by atoms with Gasteiger partial charge in [-0.15, -0.1) is 0 Å². The van der Waals surface area contributed by atoms with E-state index in [9.17, 15) is 29.1 Å². The van der Waals surface area contributed by atoms with Gasteiger partial charge in [0.1, 0.15) is 18.1 Å². The average molecular weight is 481 g/mol. The Labute approximate surface area is 196 Å². The van der Waals surface area contributed by atoms with Crippen LogP contribution in [0, 0.1) is 5.92 Å². The van der Waals surface area contributed by atoms with Crippen LogP contribution in [0.15, 0.2) is 12.5 Å². The lowest BCUT2D eigenvalue weighted by molar-refractivity contribution is -0.150. The van der Waals surface area contributed by atoms with Crippen LogP contribution in [0.25, 0.3) is 0 Å². The maximum absolute atomic E-state index is 13.2. The molecule has 0 radical (unpaired) electrons. The highest BCUT2D eigenvalue weighted by Crippen LogP contribution is 2.21. The first kappa shape index (κ1) is 26.8. The van der Waals surface area contributed by atoms with E-state index >= 15 is 0 Å². The number of aromatic nitrogens is 2. The molecule has 1 saturated heterocycles. The van der Waals surface area contributed by atoms with E-state index in [1.54, 1.807) is 6.92 Å². The average Bonchev–Trinajstić information content (AvgIpc) is 3.47. The summed E-state index contributed by atoms with van der Waals surface area (Å²) < 4.78 is 0. The number of nitrogens with zero attached hydrogens (tertiary/aromatic N) is 2. The maximum Gasteiger partial charge on any atom is 0.326 e. The number of aromatic amines is 1. The molecule has 13 nitrogen and oxygen atoms in total. The smallest absolute Gasteiger partial charge is 0.326 e. The molecule has 0 spiro atoms. The van der Waals surface area contributed by atoms with E-state index in [0.717, 1.165) is 0 Å². The van der Waals surface area contributed by atoms with Gasteiger partial charge in [-0.1, -0.05) is 20.3 Å². The van der Waals surface area contributed by atoms with Crippen molar-refractivity contribution < 1.29 is 34.2 Å². The molecule has 3 amide bonds. The van der Waals surface area contributed by atoms with Gasteiger partial charge in [0.15, 0.2) is 0 Å². The molecule has 1 aromatic heterocycles. The second kappa shape index (κ2) is 12.1. The van der Waals surface area contributed by atoms with E-state index in [1.165, 1.54) is 17.4 Å². The summed E-state index contributed by atoms with van der Waals surface area (Å²) in [5.74, 6) is -4.70. The highest BCUT2D eigenvalue weighted by molar-refractivity contribution is 5.95. The van der Waals surface area contributed by atoms with E-state index in [2.05, 4.69) is 20.6 Å². The molecule has 0 aromatic carbocycles. The zero-order valence-electron chi connectivity index (χ0n) is 19.2. The first-order chi connectivity index (χ1) is 16.0. The number of hydrogen-bond donors (Lipinski definition) is 6. The van der Waals surface area contributed by atoms with Crippen molar-refractivity contribution in [2.24, 2.45) is 11.7 Å². The second-order valence-electron chi connectivity index (χ2n) is 8.45. The molecule has 188 valence electrons. The summed E-state index contributed by atoms with van der Waals surface area (Å²) in [5.41, 5.74) is 6.14. The number of rotatable bonds is 12. The third-order valence-electron chi connectivity index (χ3n) is 5.94. The largest absolute Gasteiger partial charge is 0.481 e. The Bertz CT molecular complexity index is 890. The first-order valence-electron chi connectivity index (χ1n) is 11.1. The number of aliphatic carboxylic acids is 2. The number of carbonyl (C=O) groups is 5. The number of carboxylic acids is 2. The molecule has 0 saturated carbocycles. The van der Waals surface area contributed by atoms with Crippen molar-refractivity contribution in [1.82, 2.24) is 25.5 Å². The van der Waals surface area contributed by atoms with E-state index in [4.69, 9.17) is 10.8 Å². The highest BCUT2D eigenvalue weighted by atomic mass is 16.4. The molecular formula is C21H32N6O7. The Hall–Kier alpha value is -3.48. The molecule has 1 fully saturated rings. The van der Waals surface area contributed by atoms with Crippen LogP contribution in [0.2, 0.25) is 0 Å². The lowest BCUT2D eigenvalue weighted by Crippen LogP contribution is -2.59. The molecule has 13 heteroatoms. The summed E-state index contributed by atoms with van der Waals surface area (Å²) >= 11 is 0. The molecular weight excluding hydrogens is 448 g/mol. The zero-order chi connectivity index (χ0) is 25.4. The van der Waals surface area contributed by atoms with Crippen LogP contribution in [-0.4, -0.2) is 85.5 Å². The van der Waals surface area contributed by atoms with E-state index in [0.29, 0.717) is 25.0 Å². The summed E-state index contributed by atoms with van der Waals surface area (Å²) in [6.45, 7) is 3.88. The van der Waals surface area contributed by atoms with Crippen molar-refractivity contribution >= 4 is 29.7 Å². The molecule has 34 heavy (non-hydrogen) atoms. The van der Waals surface area contributed by atoms with E-state index < -0.39 is 60.2 Å². The summed E-state index contributed by atoms with van der Waals surface area (Å²) in [6.07, 6.45) is 3.63. The van der Waals surface area contributed by atoms with Crippen LogP contribution in [0.3, 0.4) is 0 Å². The number of carbonyl (C=O) groups excluding carboxylic acids is 3. The quantitative estimate of drug-likeness (QED) is 0.213. The van der Waals surface area contributed by atoms with Crippen LogP contribution in [0.1, 0.15) is 45.2 Å². The van der Waals surface area contributed by atoms with Gasteiger partial charge in [-0.25, -0.2) is 9.78 Å². The van der Waals surface area contributed by atoms with Gasteiger partial charge in [0.2, 0.25) is 17.7 Å². The van der Waals surface area contributed by atoms with Gasteiger partial charge in [0.25, 0.3) is 0 Å². The fourth-order valence-corrected chi connectivity index (χ4v) is 3.79. The predicted molar refractivity (Wildman–Crippen MR) is 118 cm³/mol. The highest BCUT2D eigenvalue weighted by Gasteiger charge is 2.40. The summed E-state index contributed by atoms with van der Waals surface area (Å²) in [4.78, 5) is 69.3. The number of imidazole rings is 1. The normalized spacial score (nSPS) is 19.0. The molecule has 1 aliphatic heterocycles. The SMILES string of the molecule is CCC(C)C(NC(=O)C(Cc1cnc[nH]1)NC(=O)C(N)CC(=O)O)C(=O)N1CCCC1C(=O)O. The number of nitrogens with one attached hydrogen (secondary N) is 3. The number of carboxylic acid groups (broad SMARTS) is 2. The number of nitrogens with two attached hydrogens (primary N) is 1. The monoisotopic (exact) mass is 480 g/mol. The van der Waals surface area contributed by atoms with Crippen molar-refractivity contribution in [3.63, 3.8) is 0 Å². The van der Waals surface area contributed by atoms with Crippen LogP contribution in [-0.2, 0) is 30.4 Å². The Morgan fingerprint density at radius 1 is 1.24 bits per heavy atom. The minimum Gasteiger partial charge on any atom is -0.481 e. The first-order valence-corrected chi connectivity index (χ1v) is 11.1. The lowest BCUT2D eigenvalue weighted by Gasteiger charge is -2.31. The van der Waals surface area contributed by atoms with Gasteiger partial charge in [0, 0.05) is 24.9 Å². The van der Waals surface area contributed by atoms with Gasteiger partial charge in [-0.05, 0) is 18.8 Å². The minimum absolute atomic E-state index is 0.0136. The lowest BCUT2D eigenvalue weighted by atomic mass is 9.96. The van der Waals surface area contributed by atoms with Crippen molar-refractivity contribution in [2.45, 2.75) is 70.1 Å². The Balaban J connectivity index is 2.22. The molecule has 2 heterocycles. The van der Waals surface area contributed by atoms with Gasteiger partial charge in [-0.2, -0.15) is 0 Å². The maximum atomic E-state index is 13.2. The summed E-state index contributed by atoms with van der Waals surface area (Å²) in [6, 6.07) is -4.51. The standard InChI is InChI=1S/C21H32N6O7/c1-3-11(2)17(20(32)27-6-4-5-15(27)21(33)34)26-19(31)14(7-12-9-23-10-24-12)25-18(30)13(22)8-16(28)29/h9-11,13-15,17H,3-8,22H2,1-2H3,(H,23,24)(H,25,30)(H,26,31)(H,28,29)(H,33,34). The molecule has 1 aliphatic rings. The Morgan fingerprint density at radius 3 is 2.50 bits per heavy atom. The zero-order valence-corrected chi connectivity index (χ0v) is 19.2. The van der Waals surface area contributed by atoms with Gasteiger partial charge >= 0.3 is 11.9 Å². The van der Waals surface area contributed by atoms with Crippen LogP contribution in [0.5, 0.6) is 0 Å². The van der Waals surface area contributed by atoms with Crippen molar-refractivity contribution in [3.05, 3.63) is 18.2 Å². The third-order valence-corrected chi connectivity index (χ3v) is 5.94. The predicted octanol–water partition coefficient (Wildman–Crippen LogP) is -1.15. The van der Waals surface area contributed by atoms with Crippen LogP contribution >= 0.6 is 0 Å². The molecule has 0 aliphatic carbocycles. The van der Waals surface area contributed by atoms with Crippen molar-refractivity contribution in [2.75, 3.05) is 6.54 Å². The molecule has 7 N–H and O–H groups in total. The van der Waals surface area contributed by atoms with E-state index in [-0.39, 0.29) is 18.9 Å². The summed E-state index contributed by atoms with van der Waals surface area (Å²) in [7, 11) is 0. The Morgan fingerprint density at radius 2 is 1.94 bits per heavy atom. The number of amides is 3. The second-order valence-corrected chi connectivity index (χ2v) is 8.45. The van der Waals surface area contributed by atoms with E-state index in [1.807, 2.05) is 6.92 Å². The van der Waals surface area contributed by atoms with Crippen molar-refractivity contribution in [3.8, 4) is 0 Å². The van der Waals surface area contributed by atoms with Crippen molar-refractivity contribution in [1.29, 1.82) is 0 Å². The van der Waals surface area contributed by atoms with Gasteiger partial charge < -0.3 is 36.5 Å². The number of likely N-dealkylation sites (tertiary alicyclic amines) is 1. The number of H-pyrrole nitrogens is 1. The fourth-order valence-electron chi connectivity index (χ4n) is 3.79. The minimum atomic E-state index is -1.37. The summed E-state index contributed by atoms with van der Waals surface area (Å²) in [5, 5.41) is 23.4. The topological polar surface area (TPSA) is 208 Å². The Kier molecular flexibility index (Phi) is 9.54. The van der Waals surface area contributed by atoms with Crippen LogP contribution < -0.4 is 16.4 Å². The molecule has 5 unspecified atom stereocenters. The molecule has 0 bridgehead atoms. The van der Waals surface area contributed by atoms with Crippen LogP contribution in [0.4, 0.5) is 0 Å².